The SMILES string of the molecule is O=C([O-])CCC(=O)O.O=C([O-])c1ccccc1.[Na+].[Na+]. The maximum Gasteiger partial charge on any atom is 1.00 e. The van der Waals surface area contributed by atoms with E-state index >= 15 is 0 Å². The molecule has 0 saturated heterocycles. The first kappa shape index (κ1) is 23.7. The van der Waals surface area contributed by atoms with Crippen molar-refractivity contribution in [3.63, 3.8) is 0 Å². The Morgan fingerprint density at radius 2 is 1.42 bits per heavy atom. The Labute approximate surface area is 154 Å². The summed E-state index contributed by atoms with van der Waals surface area (Å²) in [5.41, 5.74) is 0.220. The molecule has 0 aromatic heterocycles. The monoisotopic (exact) mass is 284 g/mol. The van der Waals surface area contributed by atoms with Gasteiger partial charge in [0.25, 0.3) is 0 Å². The van der Waals surface area contributed by atoms with E-state index in [1.54, 1.807) is 18.2 Å². The molecule has 8 heteroatoms. The van der Waals surface area contributed by atoms with Crippen molar-refractivity contribution in [2.75, 3.05) is 0 Å². The van der Waals surface area contributed by atoms with Gasteiger partial charge < -0.3 is 24.9 Å². The number of aromatic carboxylic acids is 1. The Kier molecular flexibility index (Phi) is 17.5. The number of hydrogen-bond donors (Lipinski definition) is 1. The normalized spacial score (nSPS) is 7.79. The molecule has 0 saturated carbocycles. The summed E-state index contributed by atoms with van der Waals surface area (Å²) in [6.07, 6.45) is -0.766. The standard InChI is InChI=1S/C7H6O2.C4H6O4.2Na/c8-7(9)6-4-2-1-3-5-6;5-3(6)1-2-4(7)8;;/h1-5H,(H,8,9);1-2H2,(H,5,6)(H,7,8);;/q;;2*+1/p-2. The molecule has 0 heterocycles. The van der Waals surface area contributed by atoms with Gasteiger partial charge in [-0.2, -0.15) is 0 Å². The van der Waals surface area contributed by atoms with Crippen LogP contribution in [0.25, 0.3) is 0 Å². The van der Waals surface area contributed by atoms with Gasteiger partial charge in [0, 0.05) is 5.97 Å². The predicted molar refractivity (Wildman–Crippen MR) is 52.6 cm³/mol. The van der Waals surface area contributed by atoms with Gasteiger partial charge in [0.2, 0.25) is 0 Å². The van der Waals surface area contributed by atoms with Crippen LogP contribution in [0.1, 0.15) is 23.2 Å². The van der Waals surface area contributed by atoms with Crippen LogP contribution in [0.4, 0.5) is 0 Å². The van der Waals surface area contributed by atoms with E-state index in [1.165, 1.54) is 12.1 Å². The summed E-state index contributed by atoms with van der Waals surface area (Å²) in [6, 6.07) is 8.06. The van der Waals surface area contributed by atoms with Crippen LogP contribution in [0.3, 0.4) is 0 Å². The van der Waals surface area contributed by atoms with Gasteiger partial charge in [-0.3, -0.25) is 4.79 Å². The minimum atomic E-state index is -1.33. The van der Waals surface area contributed by atoms with Crippen LogP contribution in [0.15, 0.2) is 30.3 Å². The maximum absolute atomic E-state index is 10.1. The van der Waals surface area contributed by atoms with E-state index in [0.717, 1.165) is 0 Å². The number of carboxylic acid groups (broad SMARTS) is 3. The Hall–Kier alpha value is -0.370. The van der Waals surface area contributed by atoms with Crippen molar-refractivity contribution in [2.45, 2.75) is 12.8 Å². The maximum atomic E-state index is 10.1. The number of hydrogen-bond acceptors (Lipinski definition) is 5. The average molecular weight is 284 g/mol. The second kappa shape index (κ2) is 14.0. The van der Waals surface area contributed by atoms with E-state index in [0.29, 0.717) is 0 Å². The molecule has 0 unspecified atom stereocenters. The molecule has 1 aromatic rings. The van der Waals surface area contributed by atoms with Crippen LogP contribution in [0, 0.1) is 0 Å². The van der Waals surface area contributed by atoms with E-state index in [1.807, 2.05) is 0 Å². The molecule has 0 bridgehead atoms. The molecule has 0 radical (unpaired) electrons. The largest absolute Gasteiger partial charge is 1.00 e. The van der Waals surface area contributed by atoms with Gasteiger partial charge in [0.15, 0.2) is 0 Å². The van der Waals surface area contributed by atoms with Crippen LogP contribution >= 0.6 is 0 Å². The van der Waals surface area contributed by atoms with Gasteiger partial charge >= 0.3 is 65.1 Å². The molecule has 0 fully saturated rings. The van der Waals surface area contributed by atoms with Crippen molar-refractivity contribution in [2.24, 2.45) is 0 Å². The third-order valence-electron chi connectivity index (χ3n) is 1.55. The molecule has 0 spiro atoms. The fraction of sp³-hybridized carbons (Fsp3) is 0.182. The summed E-state index contributed by atoms with van der Waals surface area (Å²) < 4.78 is 0. The Morgan fingerprint density at radius 1 is 0.947 bits per heavy atom. The van der Waals surface area contributed by atoms with E-state index < -0.39 is 24.3 Å². The smallest absolute Gasteiger partial charge is 0.550 e. The van der Waals surface area contributed by atoms with Crippen LogP contribution in [-0.2, 0) is 9.59 Å². The summed E-state index contributed by atoms with van der Waals surface area (Å²) in [5.74, 6) is -3.57. The average Bonchev–Trinajstić information content (AvgIpc) is 2.28. The molecular weight excluding hydrogens is 274 g/mol. The van der Waals surface area contributed by atoms with E-state index in [4.69, 9.17) is 5.11 Å². The van der Waals surface area contributed by atoms with Gasteiger partial charge in [-0.25, -0.2) is 0 Å². The van der Waals surface area contributed by atoms with Crippen LogP contribution in [0.2, 0.25) is 0 Å². The number of carbonyl (C=O) groups is 3. The quantitative estimate of drug-likeness (QED) is 0.549. The zero-order chi connectivity index (χ0) is 13.3. The van der Waals surface area contributed by atoms with E-state index in [2.05, 4.69) is 0 Å². The summed E-state index contributed by atoms with van der Waals surface area (Å²) in [7, 11) is 0. The van der Waals surface area contributed by atoms with Gasteiger partial charge in [-0.1, -0.05) is 30.3 Å². The second-order valence-corrected chi connectivity index (χ2v) is 2.92. The molecule has 0 amide bonds. The number of rotatable bonds is 4. The van der Waals surface area contributed by atoms with Crippen LogP contribution in [0.5, 0.6) is 0 Å². The van der Waals surface area contributed by atoms with Gasteiger partial charge in [-0.15, -0.1) is 0 Å². The fourth-order valence-corrected chi connectivity index (χ4v) is 0.783. The first-order chi connectivity index (χ1) is 7.93. The predicted octanol–water partition coefficient (Wildman–Crippen LogP) is -7.34. The minimum Gasteiger partial charge on any atom is -0.550 e. The zero-order valence-corrected chi connectivity index (χ0v) is 14.8. The first-order valence-electron chi connectivity index (χ1n) is 4.61. The summed E-state index contributed by atoms with van der Waals surface area (Å²) in [6.45, 7) is 0. The third-order valence-corrected chi connectivity index (χ3v) is 1.55. The van der Waals surface area contributed by atoms with Crippen molar-refractivity contribution >= 4 is 17.9 Å². The van der Waals surface area contributed by atoms with Crippen LogP contribution < -0.4 is 69.3 Å². The number of carboxylic acids is 3. The molecule has 1 N–H and O–H groups in total. The van der Waals surface area contributed by atoms with Gasteiger partial charge in [0.05, 0.1) is 12.4 Å². The van der Waals surface area contributed by atoms with E-state index in [9.17, 15) is 24.6 Å². The second-order valence-electron chi connectivity index (χ2n) is 2.92. The van der Waals surface area contributed by atoms with Crippen molar-refractivity contribution in [1.29, 1.82) is 0 Å². The molecule has 0 aliphatic carbocycles. The summed E-state index contributed by atoms with van der Waals surface area (Å²) in [4.78, 5) is 29.2. The molecule has 0 aliphatic rings. The number of aliphatic carboxylic acids is 2. The Morgan fingerprint density at radius 3 is 1.63 bits per heavy atom. The van der Waals surface area contributed by atoms with Crippen molar-refractivity contribution in [3.05, 3.63) is 35.9 Å². The molecule has 6 nitrogen and oxygen atoms in total. The molecular formula is C11H10Na2O6. The summed E-state index contributed by atoms with van der Waals surface area (Å²) in [5, 5.41) is 27.5. The van der Waals surface area contributed by atoms with Crippen molar-refractivity contribution in [3.8, 4) is 0 Å². The first-order valence-corrected chi connectivity index (χ1v) is 4.61. The molecule has 1 aromatic carbocycles. The Balaban J connectivity index is -0.000000246. The van der Waals surface area contributed by atoms with Crippen LogP contribution in [-0.4, -0.2) is 23.0 Å². The summed E-state index contributed by atoms with van der Waals surface area (Å²) >= 11 is 0. The van der Waals surface area contributed by atoms with Crippen molar-refractivity contribution < 1.29 is 88.8 Å². The third kappa shape index (κ3) is 15.6. The topological polar surface area (TPSA) is 118 Å². The molecule has 1 rings (SSSR count). The van der Waals surface area contributed by atoms with E-state index in [-0.39, 0.29) is 71.1 Å². The molecule has 92 valence electrons. The zero-order valence-electron chi connectivity index (χ0n) is 10.8. The fourth-order valence-electron chi connectivity index (χ4n) is 0.783. The minimum absolute atomic E-state index is 0. The molecule has 0 atom stereocenters. The Bertz CT molecular complexity index is 379. The number of carbonyl (C=O) groups excluding carboxylic acids is 2. The molecule has 0 aliphatic heterocycles. The number of benzene rings is 1. The van der Waals surface area contributed by atoms with Gasteiger partial charge in [0.1, 0.15) is 0 Å². The molecule has 19 heavy (non-hydrogen) atoms. The van der Waals surface area contributed by atoms with Gasteiger partial charge in [-0.05, 0) is 12.0 Å². The van der Waals surface area contributed by atoms with Crippen molar-refractivity contribution in [1.82, 2.24) is 0 Å².